The minimum Gasteiger partial charge on any atom is -0.463 e. The van der Waals surface area contributed by atoms with Gasteiger partial charge in [0.25, 0.3) is 5.56 Å². The van der Waals surface area contributed by atoms with E-state index in [1.54, 1.807) is 24.5 Å². The zero-order valence-electron chi connectivity index (χ0n) is 19.0. The van der Waals surface area contributed by atoms with Gasteiger partial charge in [-0.2, -0.15) is 0 Å². The molecule has 7 nitrogen and oxygen atoms in total. The second kappa shape index (κ2) is 9.98. The fourth-order valence-corrected chi connectivity index (χ4v) is 3.98. The molecule has 2 aromatic carbocycles. The SMILES string of the molecule is CC(C)OC(=O)CC(NC(=O)CCc1nc2ccccc2c(=O)n1C1CC1)c1ccccc1. The van der Waals surface area contributed by atoms with Crippen LogP contribution in [0.25, 0.3) is 10.9 Å². The van der Waals surface area contributed by atoms with Crippen molar-refractivity contribution in [3.05, 3.63) is 76.3 Å². The summed E-state index contributed by atoms with van der Waals surface area (Å²) in [5.74, 6) is 0.0655. The van der Waals surface area contributed by atoms with E-state index in [0.717, 1.165) is 18.4 Å². The fourth-order valence-electron chi connectivity index (χ4n) is 3.98. The van der Waals surface area contributed by atoms with Crippen molar-refractivity contribution < 1.29 is 14.3 Å². The number of carbonyl (C=O) groups is 2. The standard InChI is InChI=1S/C26H29N3O4/c1-17(2)33-25(31)16-22(18-8-4-3-5-9-18)28-24(30)15-14-23-27-21-11-7-6-10-20(21)26(32)29(23)19-12-13-19/h3-11,17,19,22H,12-16H2,1-2H3,(H,28,30). The number of aryl methyl sites for hydroxylation is 1. The lowest BCUT2D eigenvalue weighted by Gasteiger charge is -2.20. The first-order valence-corrected chi connectivity index (χ1v) is 11.5. The van der Waals surface area contributed by atoms with Gasteiger partial charge in [0.05, 0.1) is 29.5 Å². The summed E-state index contributed by atoms with van der Waals surface area (Å²) in [4.78, 5) is 42.9. The lowest BCUT2D eigenvalue weighted by Crippen LogP contribution is -2.32. The quantitative estimate of drug-likeness (QED) is 0.503. The van der Waals surface area contributed by atoms with Crippen molar-refractivity contribution in [3.63, 3.8) is 0 Å². The van der Waals surface area contributed by atoms with Gasteiger partial charge in [-0.25, -0.2) is 4.98 Å². The van der Waals surface area contributed by atoms with Crippen LogP contribution in [0.1, 0.15) is 63.0 Å². The number of para-hydroxylation sites is 1. The molecule has 0 radical (unpaired) electrons. The lowest BCUT2D eigenvalue weighted by molar-refractivity contribution is -0.148. The van der Waals surface area contributed by atoms with Gasteiger partial charge in [-0.1, -0.05) is 42.5 Å². The monoisotopic (exact) mass is 447 g/mol. The summed E-state index contributed by atoms with van der Waals surface area (Å²) in [7, 11) is 0. The second-order valence-corrected chi connectivity index (χ2v) is 8.73. The number of nitrogens with one attached hydrogen (secondary N) is 1. The van der Waals surface area contributed by atoms with Crippen molar-refractivity contribution in [3.8, 4) is 0 Å². The molecule has 1 aliphatic rings. The predicted octanol–water partition coefficient (Wildman–Crippen LogP) is 3.86. The molecule has 33 heavy (non-hydrogen) atoms. The Labute approximate surface area is 192 Å². The predicted molar refractivity (Wildman–Crippen MR) is 126 cm³/mol. The van der Waals surface area contributed by atoms with Crippen molar-refractivity contribution in [1.82, 2.24) is 14.9 Å². The summed E-state index contributed by atoms with van der Waals surface area (Å²) in [5, 5.41) is 3.57. The first kappa shape index (κ1) is 22.7. The van der Waals surface area contributed by atoms with Crippen LogP contribution in [-0.2, 0) is 20.7 Å². The maximum Gasteiger partial charge on any atom is 0.308 e. The van der Waals surface area contributed by atoms with E-state index in [2.05, 4.69) is 5.32 Å². The topological polar surface area (TPSA) is 90.3 Å². The van der Waals surface area contributed by atoms with Gasteiger partial charge < -0.3 is 10.1 Å². The van der Waals surface area contributed by atoms with Crippen LogP contribution in [0.5, 0.6) is 0 Å². The lowest BCUT2D eigenvalue weighted by atomic mass is 10.0. The van der Waals surface area contributed by atoms with Crippen molar-refractivity contribution in [1.29, 1.82) is 0 Å². The molecule has 4 rings (SSSR count). The Morgan fingerprint density at radius 3 is 2.48 bits per heavy atom. The highest BCUT2D eigenvalue weighted by Gasteiger charge is 2.28. The van der Waals surface area contributed by atoms with Gasteiger partial charge in [0.1, 0.15) is 5.82 Å². The van der Waals surface area contributed by atoms with Gasteiger partial charge in [0, 0.05) is 18.9 Å². The summed E-state index contributed by atoms with van der Waals surface area (Å²) in [6.07, 6.45) is 2.25. The Morgan fingerprint density at radius 2 is 1.79 bits per heavy atom. The Balaban J connectivity index is 1.49. The highest BCUT2D eigenvalue weighted by Crippen LogP contribution is 2.35. The number of carbonyl (C=O) groups excluding carboxylic acids is 2. The number of hydrogen-bond donors (Lipinski definition) is 1. The minimum atomic E-state index is -0.486. The molecular weight excluding hydrogens is 418 g/mol. The Hall–Kier alpha value is -3.48. The van der Waals surface area contributed by atoms with E-state index >= 15 is 0 Å². The molecule has 1 fully saturated rings. The number of aromatic nitrogens is 2. The summed E-state index contributed by atoms with van der Waals surface area (Å²) >= 11 is 0. The zero-order chi connectivity index (χ0) is 23.4. The molecule has 1 aliphatic carbocycles. The van der Waals surface area contributed by atoms with Crippen LogP contribution >= 0.6 is 0 Å². The average Bonchev–Trinajstić information content (AvgIpc) is 3.62. The van der Waals surface area contributed by atoms with E-state index in [0.29, 0.717) is 23.1 Å². The first-order chi connectivity index (χ1) is 15.9. The van der Waals surface area contributed by atoms with Gasteiger partial charge >= 0.3 is 5.97 Å². The number of amides is 1. The van der Waals surface area contributed by atoms with Crippen LogP contribution in [-0.4, -0.2) is 27.5 Å². The smallest absolute Gasteiger partial charge is 0.308 e. The van der Waals surface area contributed by atoms with Gasteiger partial charge in [-0.15, -0.1) is 0 Å². The van der Waals surface area contributed by atoms with E-state index in [1.165, 1.54) is 0 Å². The molecule has 172 valence electrons. The highest BCUT2D eigenvalue weighted by atomic mass is 16.5. The minimum absolute atomic E-state index is 0.0444. The molecule has 1 aromatic heterocycles. The maximum absolute atomic E-state index is 13.0. The molecule has 1 amide bonds. The molecule has 3 aromatic rings. The van der Waals surface area contributed by atoms with Gasteiger partial charge in [0.15, 0.2) is 0 Å². The molecule has 0 saturated heterocycles. The molecule has 1 unspecified atom stereocenters. The number of fused-ring (bicyclic) bond motifs is 1. The summed E-state index contributed by atoms with van der Waals surface area (Å²) in [5.41, 5.74) is 1.44. The highest BCUT2D eigenvalue weighted by molar-refractivity contribution is 5.79. The number of benzene rings is 2. The summed E-state index contributed by atoms with van der Waals surface area (Å²) in [6, 6.07) is 16.4. The number of hydrogen-bond acceptors (Lipinski definition) is 5. The molecule has 1 heterocycles. The Bertz CT molecular complexity index is 1200. The molecule has 1 atom stereocenters. The van der Waals surface area contributed by atoms with E-state index in [4.69, 9.17) is 9.72 Å². The Morgan fingerprint density at radius 1 is 1.09 bits per heavy atom. The molecular formula is C26H29N3O4. The third-order valence-electron chi connectivity index (χ3n) is 5.64. The number of rotatable bonds is 9. The molecule has 0 spiro atoms. The van der Waals surface area contributed by atoms with Crippen molar-refractivity contribution >= 4 is 22.8 Å². The average molecular weight is 448 g/mol. The first-order valence-electron chi connectivity index (χ1n) is 11.5. The van der Waals surface area contributed by atoms with Crippen molar-refractivity contribution in [2.24, 2.45) is 0 Å². The number of ether oxygens (including phenoxy) is 1. The zero-order valence-corrected chi connectivity index (χ0v) is 19.0. The normalized spacial score (nSPS) is 14.3. The van der Waals surface area contributed by atoms with E-state index in [-0.39, 0.29) is 42.4 Å². The maximum atomic E-state index is 13.0. The second-order valence-electron chi connectivity index (χ2n) is 8.73. The van der Waals surface area contributed by atoms with Crippen LogP contribution in [0.3, 0.4) is 0 Å². The van der Waals surface area contributed by atoms with E-state index < -0.39 is 6.04 Å². The van der Waals surface area contributed by atoms with Gasteiger partial charge in [0.2, 0.25) is 5.91 Å². The van der Waals surface area contributed by atoms with Gasteiger partial charge in [-0.05, 0) is 44.4 Å². The molecule has 0 bridgehead atoms. The molecule has 1 saturated carbocycles. The molecule has 1 N–H and O–H groups in total. The summed E-state index contributed by atoms with van der Waals surface area (Å²) < 4.78 is 7.03. The van der Waals surface area contributed by atoms with Crippen LogP contribution in [0.2, 0.25) is 0 Å². The number of esters is 1. The van der Waals surface area contributed by atoms with Crippen molar-refractivity contribution in [2.75, 3.05) is 0 Å². The number of nitrogens with zero attached hydrogens (tertiary/aromatic N) is 2. The molecule has 7 heteroatoms. The van der Waals surface area contributed by atoms with Crippen molar-refractivity contribution in [2.45, 2.75) is 64.1 Å². The van der Waals surface area contributed by atoms with Crippen LogP contribution < -0.4 is 10.9 Å². The van der Waals surface area contributed by atoms with Gasteiger partial charge in [-0.3, -0.25) is 19.0 Å². The van der Waals surface area contributed by atoms with Crippen LogP contribution in [0, 0.1) is 0 Å². The fraction of sp³-hybridized carbons (Fsp3) is 0.385. The third kappa shape index (κ3) is 5.66. The van der Waals surface area contributed by atoms with E-state index in [1.807, 2.05) is 48.5 Å². The summed E-state index contributed by atoms with van der Waals surface area (Å²) in [6.45, 7) is 3.59. The van der Waals surface area contributed by atoms with Crippen LogP contribution in [0.15, 0.2) is 59.4 Å². The largest absolute Gasteiger partial charge is 0.463 e. The van der Waals surface area contributed by atoms with Crippen LogP contribution in [0.4, 0.5) is 0 Å². The Kier molecular flexibility index (Phi) is 6.87. The third-order valence-corrected chi connectivity index (χ3v) is 5.64. The van der Waals surface area contributed by atoms with E-state index in [9.17, 15) is 14.4 Å². The molecule has 0 aliphatic heterocycles.